The maximum Gasteiger partial charge on any atom is 0.326 e. The molecule has 0 radical (unpaired) electrons. The fourth-order valence-corrected chi connectivity index (χ4v) is 2.75. The van der Waals surface area contributed by atoms with Crippen molar-refractivity contribution in [3.63, 3.8) is 0 Å². The third-order valence-electron chi connectivity index (χ3n) is 4.40. The number of unbranched alkanes of at least 4 members (excludes halogenated alkanes) is 2. The van der Waals surface area contributed by atoms with Crippen molar-refractivity contribution in [2.24, 2.45) is 5.73 Å². The molecular weight excluding hydrogens is 394 g/mol. The van der Waals surface area contributed by atoms with Crippen molar-refractivity contribution in [1.82, 2.24) is 10.6 Å². The summed E-state index contributed by atoms with van der Waals surface area (Å²) in [6.45, 7) is 0.528. The van der Waals surface area contributed by atoms with E-state index in [2.05, 4.69) is 10.6 Å². The highest BCUT2D eigenvalue weighted by Crippen LogP contribution is 2.12. The quantitative estimate of drug-likeness (QED) is 0.232. The van der Waals surface area contributed by atoms with Crippen LogP contribution in [0.4, 0.5) is 0 Å². The van der Waals surface area contributed by atoms with Crippen LogP contribution < -0.4 is 16.4 Å². The van der Waals surface area contributed by atoms with E-state index >= 15 is 0 Å². The summed E-state index contributed by atoms with van der Waals surface area (Å²) >= 11 is 0. The minimum absolute atomic E-state index is 0.0447. The van der Waals surface area contributed by atoms with Crippen LogP contribution >= 0.6 is 0 Å². The second kappa shape index (κ2) is 13.2. The molecule has 0 unspecified atom stereocenters. The Kier molecular flexibility index (Phi) is 10.9. The molecule has 0 bridgehead atoms. The van der Waals surface area contributed by atoms with E-state index < -0.39 is 36.4 Å². The predicted molar refractivity (Wildman–Crippen MR) is 108 cm³/mol. The number of carboxylic acid groups (broad SMARTS) is 2. The molecular formula is C20H29N3O7. The predicted octanol–water partition coefficient (Wildman–Crippen LogP) is 0.373. The SMILES string of the molecule is NCCCCCC(=O)N[C@@H](Cc1ccc(O)cc1)C(=O)N[C@@H](CCC(=O)O)C(=O)O. The van der Waals surface area contributed by atoms with E-state index in [1.807, 2.05) is 0 Å². The molecule has 10 heteroatoms. The summed E-state index contributed by atoms with van der Waals surface area (Å²) in [6.07, 6.45) is 1.73. The molecule has 0 aromatic heterocycles. The Morgan fingerprint density at radius 1 is 0.900 bits per heavy atom. The van der Waals surface area contributed by atoms with Crippen molar-refractivity contribution in [3.8, 4) is 5.75 Å². The largest absolute Gasteiger partial charge is 0.508 e. The normalized spacial score (nSPS) is 12.6. The van der Waals surface area contributed by atoms with E-state index in [0.717, 1.165) is 12.8 Å². The Morgan fingerprint density at radius 2 is 1.57 bits per heavy atom. The molecule has 166 valence electrons. The first-order valence-corrected chi connectivity index (χ1v) is 9.75. The maximum atomic E-state index is 12.7. The lowest BCUT2D eigenvalue weighted by atomic mass is 10.0. The van der Waals surface area contributed by atoms with Gasteiger partial charge in [-0.15, -0.1) is 0 Å². The zero-order valence-corrected chi connectivity index (χ0v) is 16.7. The van der Waals surface area contributed by atoms with E-state index in [0.29, 0.717) is 18.5 Å². The van der Waals surface area contributed by atoms with Gasteiger partial charge in [-0.05, 0) is 43.5 Å². The molecule has 2 amide bonds. The number of nitrogens with one attached hydrogen (secondary N) is 2. The lowest BCUT2D eigenvalue weighted by Crippen LogP contribution is -2.52. The van der Waals surface area contributed by atoms with Gasteiger partial charge in [0, 0.05) is 19.3 Å². The Bertz CT molecular complexity index is 722. The second-order valence-corrected chi connectivity index (χ2v) is 6.92. The highest BCUT2D eigenvalue weighted by Gasteiger charge is 2.27. The molecule has 0 heterocycles. The fraction of sp³-hybridized carbons (Fsp3) is 0.500. The van der Waals surface area contributed by atoms with E-state index in [9.17, 15) is 29.4 Å². The molecule has 0 saturated carbocycles. The molecule has 0 fully saturated rings. The van der Waals surface area contributed by atoms with Crippen LogP contribution in [-0.2, 0) is 25.6 Å². The van der Waals surface area contributed by atoms with Gasteiger partial charge in [0.2, 0.25) is 11.8 Å². The zero-order chi connectivity index (χ0) is 22.5. The first kappa shape index (κ1) is 24.9. The molecule has 1 aromatic carbocycles. The molecule has 30 heavy (non-hydrogen) atoms. The van der Waals surface area contributed by atoms with Crippen molar-refractivity contribution in [1.29, 1.82) is 0 Å². The smallest absolute Gasteiger partial charge is 0.326 e. The molecule has 0 saturated heterocycles. The minimum Gasteiger partial charge on any atom is -0.508 e. The van der Waals surface area contributed by atoms with E-state index in [1.54, 1.807) is 12.1 Å². The number of amides is 2. The van der Waals surface area contributed by atoms with Gasteiger partial charge in [-0.3, -0.25) is 14.4 Å². The van der Waals surface area contributed by atoms with Crippen molar-refractivity contribution in [3.05, 3.63) is 29.8 Å². The van der Waals surface area contributed by atoms with Crippen molar-refractivity contribution >= 4 is 23.8 Å². The standard InChI is InChI=1S/C20H29N3O7/c21-11-3-1-2-4-17(25)22-16(12-13-5-7-14(24)8-6-13)19(28)23-15(20(29)30)9-10-18(26)27/h5-8,15-16,24H,1-4,9-12,21H2,(H,22,25)(H,23,28)(H,26,27)(H,29,30)/t15-,16-/m0/s1. The van der Waals surface area contributed by atoms with Gasteiger partial charge >= 0.3 is 11.9 Å². The Balaban J connectivity index is 2.84. The Morgan fingerprint density at radius 3 is 2.13 bits per heavy atom. The van der Waals surface area contributed by atoms with Crippen molar-refractivity contribution in [2.75, 3.05) is 6.54 Å². The topological polar surface area (TPSA) is 179 Å². The van der Waals surface area contributed by atoms with Gasteiger partial charge in [-0.2, -0.15) is 0 Å². The van der Waals surface area contributed by atoms with Crippen LogP contribution in [0.5, 0.6) is 5.75 Å². The number of carbonyl (C=O) groups excluding carboxylic acids is 2. The summed E-state index contributed by atoms with van der Waals surface area (Å²) < 4.78 is 0. The van der Waals surface area contributed by atoms with Gasteiger partial charge in [-0.1, -0.05) is 18.6 Å². The molecule has 7 N–H and O–H groups in total. The number of nitrogens with two attached hydrogens (primary N) is 1. The lowest BCUT2D eigenvalue weighted by molar-refractivity contribution is -0.143. The van der Waals surface area contributed by atoms with E-state index in [1.165, 1.54) is 12.1 Å². The molecule has 2 atom stereocenters. The number of hydrogen-bond acceptors (Lipinski definition) is 6. The van der Waals surface area contributed by atoms with Gasteiger partial charge < -0.3 is 31.7 Å². The van der Waals surface area contributed by atoms with Gasteiger partial charge in [0.05, 0.1) is 0 Å². The van der Waals surface area contributed by atoms with Gasteiger partial charge in [0.1, 0.15) is 17.8 Å². The number of benzene rings is 1. The van der Waals surface area contributed by atoms with Crippen LogP contribution in [0, 0.1) is 0 Å². The molecule has 0 aliphatic carbocycles. The zero-order valence-electron chi connectivity index (χ0n) is 16.7. The molecule has 10 nitrogen and oxygen atoms in total. The number of aromatic hydroxyl groups is 1. The number of carboxylic acids is 2. The van der Waals surface area contributed by atoms with Crippen LogP contribution in [0.2, 0.25) is 0 Å². The summed E-state index contributed by atoms with van der Waals surface area (Å²) in [5.74, 6) is -3.58. The Labute approximate surface area is 174 Å². The number of rotatable bonds is 14. The van der Waals surface area contributed by atoms with Crippen LogP contribution in [0.25, 0.3) is 0 Å². The van der Waals surface area contributed by atoms with Gasteiger partial charge in [0.25, 0.3) is 0 Å². The average molecular weight is 423 g/mol. The van der Waals surface area contributed by atoms with Crippen LogP contribution in [-0.4, -0.2) is 57.7 Å². The molecule has 1 aromatic rings. The lowest BCUT2D eigenvalue weighted by Gasteiger charge is -2.21. The second-order valence-electron chi connectivity index (χ2n) is 6.92. The van der Waals surface area contributed by atoms with Crippen LogP contribution in [0.3, 0.4) is 0 Å². The summed E-state index contributed by atoms with van der Waals surface area (Å²) in [5.41, 5.74) is 6.07. The van der Waals surface area contributed by atoms with Crippen molar-refractivity contribution < 1.29 is 34.5 Å². The summed E-state index contributed by atoms with van der Waals surface area (Å²) in [6, 6.07) is 3.60. The fourth-order valence-electron chi connectivity index (χ4n) is 2.75. The number of aliphatic carboxylic acids is 2. The van der Waals surface area contributed by atoms with E-state index in [4.69, 9.17) is 10.8 Å². The summed E-state index contributed by atoms with van der Waals surface area (Å²) in [4.78, 5) is 47.0. The number of carbonyl (C=O) groups is 4. The third kappa shape index (κ3) is 9.87. The molecule has 0 aliphatic heterocycles. The molecule has 0 spiro atoms. The Hall–Kier alpha value is -3.14. The summed E-state index contributed by atoms with van der Waals surface area (Å²) in [5, 5.41) is 32.3. The highest BCUT2D eigenvalue weighted by molar-refractivity contribution is 5.90. The third-order valence-corrected chi connectivity index (χ3v) is 4.40. The number of phenols is 1. The first-order valence-electron chi connectivity index (χ1n) is 9.75. The summed E-state index contributed by atoms with van der Waals surface area (Å²) in [7, 11) is 0. The van der Waals surface area contributed by atoms with Gasteiger partial charge in [-0.25, -0.2) is 4.79 Å². The minimum atomic E-state index is -1.39. The van der Waals surface area contributed by atoms with Crippen molar-refractivity contribution in [2.45, 2.75) is 57.0 Å². The van der Waals surface area contributed by atoms with Crippen LogP contribution in [0.15, 0.2) is 24.3 Å². The van der Waals surface area contributed by atoms with Gasteiger partial charge in [0.15, 0.2) is 0 Å². The number of hydrogen-bond donors (Lipinski definition) is 6. The molecule has 0 aliphatic rings. The maximum absolute atomic E-state index is 12.7. The number of phenolic OH excluding ortho intramolecular Hbond substituents is 1. The first-order chi connectivity index (χ1) is 14.2. The van der Waals surface area contributed by atoms with E-state index in [-0.39, 0.29) is 30.9 Å². The molecule has 1 rings (SSSR count). The highest BCUT2D eigenvalue weighted by atomic mass is 16.4. The monoisotopic (exact) mass is 423 g/mol. The van der Waals surface area contributed by atoms with Crippen LogP contribution in [0.1, 0.15) is 44.1 Å². The average Bonchev–Trinajstić information content (AvgIpc) is 2.69.